The highest BCUT2D eigenvalue weighted by Crippen LogP contribution is 2.32. The van der Waals surface area contributed by atoms with Gasteiger partial charge in [-0.1, -0.05) is 20.8 Å². The monoisotopic (exact) mass is 226 g/mol. The fourth-order valence-electron chi connectivity index (χ4n) is 2.93. The molecule has 0 saturated heterocycles. The van der Waals surface area contributed by atoms with Crippen LogP contribution in [0.25, 0.3) is 0 Å². The molecule has 2 heteroatoms. The van der Waals surface area contributed by atoms with Crippen LogP contribution in [0.5, 0.6) is 0 Å². The highest BCUT2D eigenvalue weighted by molar-refractivity contribution is 4.90. The Labute approximate surface area is 102 Å². The summed E-state index contributed by atoms with van der Waals surface area (Å²) in [5.74, 6) is 0.900. The summed E-state index contributed by atoms with van der Waals surface area (Å²) < 4.78 is 0. The molecule has 0 spiro atoms. The normalized spacial score (nSPS) is 25.1. The molecule has 1 N–H and O–H groups in total. The van der Waals surface area contributed by atoms with Gasteiger partial charge in [0.2, 0.25) is 0 Å². The van der Waals surface area contributed by atoms with Gasteiger partial charge < -0.3 is 10.2 Å². The minimum absolute atomic E-state index is 0.791. The predicted molar refractivity (Wildman–Crippen MR) is 71.8 cm³/mol. The summed E-state index contributed by atoms with van der Waals surface area (Å²) in [5.41, 5.74) is 0. The maximum absolute atomic E-state index is 3.57. The van der Waals surface area contributed by atoms with Gasteiger partial charge in [0, 0.05) is 12.1 Å². The number of hydrogen-bond donors (Lipinski definition) is 1. The SMILES string of the molecule is CCCNCC1CCC1N(C)C(CC)CC. The number of nitrogens with zero attached hydrogens (tertiary/aromatic N) is 1. The van der Waals surface area contributed by atoms with Crippen molar-refractivity contribution in [1.29, 1.82) is 0 Å². The van der Waals surface area contributed by atoms with Crippen molar-refractivity contribution in [2.45, 2.75) is 65.0 Å². The van der Waals surface area contributed by atoms with Gasteiger partial charge in [0.25, 0.3) is 0 Å². The Morgan fingerprint density at radius 1 is 1.19 bits per heavy atom. The first-order valence-corrected chi connectivity index (χ1v) is 7.17. The van der Waals surface area contributed by atoms with Crippen LogP contribution in [0.1, 0.15) is 52.9 Å². The molecule has 2 atom stereocenters. The van der Waals surface area contributed by atoms with Crippen LogP contribution in [-0.2, 0) is 0 Å². The average Bonchev–Trinajstić information content (AvgIpc) is 2.24. The minimum Gasteiger partial charge on any atom is -0.316 e. The first kappa shape index (κ1) is 14.0. The number of rotatable bonds is 8. The number of nitrogens with one attached hydrogen (secondary N) is 1. The predicted octanol–water partition coefficient (Wildman–Crippen LogP) is 2.89. The molecule has 2 nitrogen and oxygen atoms in total. The highest BCUT2D eigenvalue weighted by Gasteiger charge is 2.35. The summed E-state index contributed by atoms with van der Waals surface area (Å²) in [6.45, 7) is 9.27. The third kappa shape index (κ3) is 3.46. The summed E-state index contributed by atoms with van der Waals surface area (Å²) in [7, 11) is 2.33. The van der Waals surface area contributed by atoms with Gasteiger partial charge in [0.15, 0.2) is 0 Å². The van der Waals surface area contributed by atoms with Crippen LogP contribution < -0.4 is 5.32 Å². The summed E-state index contributed by atoms with van der Waals surface area (Å²) in [4.78, 5) is 2.64. The molecule has 1 fully saturated rings. The molecule has 1 rings (SSSR count). The molecule has 1 aliphatic carbocycles. The van der Waals surface area contributed by atoms with Crippen molar-refractivity contribution in [1.82, 2.24) is 10.2 Å². The number of hydrogen-bond acceptors (Lipinski definition) is 2. The summed E-state index contributed by atoms with van der Waals surface area (Å²) >= 11 is 0. The van der Waals surface area contributed by atoms with Gasteiger partial charge in [-0.3, -0.25) is 0 Å². The molecule has 1 aliphatic rings. The van der Waals surface area contributed by atoms with Crippen LogP contribution in [0.3, 0.4) is 0 Å². The second-order valence-electron chi connectivity index (χ2n) is 5.24. The first-order valence-electron chi connectivity index (χ1n) is 7.17. The van der Waals surface area contributed by atoms with E-state index < -0.39 is 0 Å². The fourth-order valence-corrected chi connectivity index (χ4v) is 2.93. The molecule has 0 radical (unpaired) electrons. The molecule has 16 heavy (non-hydrogen) atoms. The summed E-state index contributed by atoms with van der Waals surface area (Å²) in [6, 6.07) is 1.63. The second-order valence-corrected chi connectivity index (χ2v) is 5.24. The molecule has 0 heterocycles. The van der Waals surface area contributed by atoms with Gasteiger partial charge in [-0.25, -0.2) is 0 Å². The van der Waals surface area contributed by atoms with Crippen molar-refractivity contribution >= 4 is 0 Å². The summed E-state index contributed by atoms with van der Waals surface area (Å²) in [5, 5.41) is 3.57. The first-order chi connectivity index (χ1) is 7.74. The largest absolute Gasteiger partial charge is 0.316 e. The molecular formula is C14H30N2. The van der Waals surface area contributed by atoms with Gasteiger partial charge >= 0.3 is 0 Å². The maximum atomic E-state index is 3.57. The van der Waals surface area contributed by atoms with Gasteiger partial charge in [0.05, 0.1) is 0 Å². The molecule has 0 aliphatic heterocycles. The zero-order chi connectivity index (χ0) is 12.0. The molecule has 0 aromatic rings. The Morgan fingerprint density at radius 2 is 1.88 bits per heavy atom. The van der Waals surface area contributed by atoms with Crippen molar-refractivity contribution in [2.24, 2.45) is 5.92 Å². The van der Waals surface area contributed by atoms with Crippen molar-refractivity contribution < 1.29 is 0 Å². The van der Waals surface area contributed by atoms with Crippen LogP contribution in [0.4, 0.5) is 0 Å². The van der Waals surface area contributed by atoms with Crippen LogP contribution >= 0.6 is 0 Å². The van der Waals surface area contributed by atoms with Crippen molar-refractivity contribution in [3.8, 4) is 0 Å². The standard InChI is InChI=1S/C14H30N2/c1-5-10-15-11-12-8-9-14(12)16(4)13(6-2)7-3/h12-15H,5-11H2,1-4H3. The van der Waals surface area contributed by atoms with Crippen molar-refractivity contribution in [3.05, 3.63) is 0 Å². The average molecular weight is 226 g/mol. The maximum Gasteiger partial charge on any atom is 0.0136 e. The highest BCUT2D eigenvalue weighted by atomic mass is 15.2. The topological polar surface area (TPSA) is 15.3 Å². The van der Waals surface area contributed by atoms with Crippen LogP contribution in [-0.4, -0.2) is 37.1 Å². The van der Waals surface area contributed by atoms with Gasteiger partial charge in [-0.15, -0.1) is 0 Å². The van der Waals surface area contributed by atoms with Crippen molar-refractivity contribution in [3.63, 3.8) is 0 Å². The lowest BCUT2D eigenvalue weighted by Crippen LogP contribution is -2.52. The lowest BCUT2D eigenvalue weighted by molar-refractivity contribution is 0.0467. The third-order valence-corrected chi connectivity index (χ3v) is 4.25. The lowest BCUT2D eigenvalue weighted by Gasteiger charge is -2.46. The van der Waals surface area contributed by atoms with Crippen LogP contribution in [0.15, 0.2) is 0 Å². The molecular weight excluding hydrogens is 196 g/mol. The van der Waals surface area contributed by atoms with E-state index in [0.29, 0.717) is 0 Å². The summed E-state index contributed by atoms with van der Waals surface area (Å²) in [6.07, 6.45) is 6.66. The Hall–Kier alpha value is -0.0800. The Morgan fingerprint density at radius 3 is 2.31 bits per heavy atom. The zero-order valence-corrected chi connectivity index (χ0v) is 11.6. The fraction of sp³-hybridized carbons (Fsp3) is 1.00. The van der Waals surface area contributed by atoms with E-state index in [4.69, 9.17) is 0 Å². The van der Waals surface area contributed by atoms with Crippen LogP contribution in [0.2, 0.25) is 0 Å². The zero-order valence-electron chi connectivity index (χ0n) is 11.6. The minimum atomic E-state index is 0.791. The van der Waals surface area contributed by atoms with E-state index in [1.54, 1.807) is 0 Å². The van der Waals surface area contributed by atoms with E-state index in [-0.39, 0.29) is 0 Å². The van der Waals surface area contributed by atoms with E-state index in [1.807, 2.05) is 0 Å². The van der Waals surface area contributed by atoms with Crippen LogP contribution in [0, 0.1) is 5.92 Å². The second kappa shape index (κ2) is 7.29. The van der Waals surface area contributed by atoms with Crippen molar-refractivity contribution in [2.75, 3.05) is 20.1 Å². The van der Waals surface area contributed by atoms with E-state index in [9.17, 15) is 0 Å². The Balaban J connectivity index is 2.30. The Bertz CT molecular complexity index is 178. The molecule has 0 aromatic carbocycles. The van der Waals surface area contributed by atoms with E-state index in [2.05, 4.69) is 38.0 Å². The molecule has 2 unspecified atom stereocenters. The molecule has 0 bridgehead atoms. The van der Waals surface area contributed by atoms with E-state index in [1.165, 1.54) is 45.2 Å². The van der Waals surface area contributed by atoms with Gasteiger partial charge in [0.1, 0.15) is 0 Å². The van der Waals surface area contributed by atoms with Gasteiger partial charge in [-0.2, -0.15) is 0 Å². The third-order valence-electron chi connectivity index (χ3n) is 4.25. The molecule has 0 aromatic heterocycles. The van der Waals surface area contributed by atoms with E-state index in [0.717, 1.165) is 18.0 Å². The van der Waals surface area contributed by atoms with Gasteiger partial charge in [-0.05, 0) is 58.2 Å². The smallest absolute Gasteiger partial charge is 0.0136 e. The van der Waals surface area contributed by atoms with E-state index >= 15 is 0 Å². The molecule has 0 amide bonds. The Kier molecular flexibility index (Phi) is 6.37. The quantitative estimate of drug-likeness (QED) is 0.640. The molecule has 96 valence electrons. The lowest BCUT2D eigenvalue weighted by atomic mass is 9.77. The molecule has 1 saturated carbocycles.